The quantitative estimate of drug-likeness (QED) is 0.472. The summed E-state index contributed by atoms with van der Waals surface area (Å²) in [6.07, 6.45) is 5.33. The monoisotopic (exact) mass is 386 g/mol. The molecule has 5 nitrogen and oxygen atoms in total. The fraction of sp³-hybridized carbons (Fsp3) is 0.250. The largest absolute Gasteiger partial charge is 0.451 e. The first-order valence-corrected chi connectivity index (χ1v) is 10.1. The molecule has 2 aromatic carbocycles. The van der Waals surface area contributed by atoms with E-state index in [0.717, 1.165) is 36.0 Å². The van der Waals surface area contributed by atoms with Gasteiger partial charge in [0.1, 0.15) is 17.4 Å². The van der Waals surface area contributed by atoms with Crippen LogP contribution in [0.3, 0.4) is 0 Å². The first-order chi connectivity index (χ1) is 14.3. The number of hydrogen-bond donors (Lipinski definition) is 0. The number of furan rings is 1. The number of benzene rings is 2. The number of rotatable bonds is 4. The maximum absolute atomic E-state index is 13.2. The summed E-state index contributed by atoms with van der Waals surface area (Å²) in [5.74, 6) is 1.69. The summed E-state index contributed by atoms with van der Waals surface area (Å²) >= 11 is 0. The molecule has 1 aliphatic heterocycles. The number of likely N-dealkylation sites (tertiary alicyclic amines) is 1. The molecule has 1 atom stereocenters. The minimum Gasteiger partial charge on any atom is -0.451 e. The first-order valence-electron chi connectivity index (χ1n) is 10.1. The van der Waals surface area contributed by atoms with E-state index in [1.165, 1.54) is 5.56 Å². The molecule has 1 amide bonds. The van der Waals surface area contributed by atoms with Gasteiger partial charge in [0.2, 0.25) is 5.89 Å². The number of amides is 1. The summed E-state index contributed by atoms with van der Waals surface area (Å²) in [6.45, 7) is 0.678. The molecule has 146 valence electrons. The van der Waals surface area contributed by atoms with Gasteiger partial charge in [0.15, 0.2) is 5.76 Å². The summed E-state index contributed by atoms with van der Waals surface area (Å²) in [5.41, 5.74) is 1.90. The van der Waals surface area contributed by atoms with Gasteiger partial charge in [-0.1, -0.05) is 48.5 Å². The fourth-order valence-corrected chi connectivity index (χ4v) is 4.02. The number of oxazole rings is 1. The highest BCUT2D eigenvalue weighted by Crippen LogP contribution is 2.33. The SMILES string of the molecule is O=C(c1cc2ccccc2o1)N1CCCC[C@@H]1c1ncc(Cc2ccccc2)o1. The lowest BCUT2D eigenvalue weighted by Crippen LogP contribution is -2.38. The van der Waals surface area contributed by atoms with Crippen LogP contribution in [0.15, 0.2) is 75.7 Å². The maximum atomic E-state index is 13.2. The van der Waals surface area contributed by atoms with Crippen molar-refractivity contribution in [3.8, 4) is 0 Å². The van der Waals surface area contributed by atoms with Gasteiger partial charge in [-0.15, -0.1) is 0 Å². The lowest BCUT2D eigenvalue weighted by atomic mass is 10.0. The van der Waals surface area contributed by atoms with Gasteiger partial charge in [-0.05, 0) is 37.0 Å². The second-order valence-corrected chi connectivity index (χ2v) is 7.49. The van der Waals surface area contributed by atoms with Gasteiger partial charge in [-0.25, -0.2) is 4.98 Å². The highest BCUT2D eigenvalue weighted by atomic mass is 16.4. The molecule has 2 aromatic heterocycles. The zero-order valence-electron chi connectivity index (χ0n) is 16.1. The van der Waals surface area contributed by atoms with Crippen molar-refractivity contribution < 1.29 is 13.6 Å². The highest BCUT2D eigenvalue weighted by Gasteiger charge is 2.33. The molecular weight excluding hydrogens is 364 g/mol. The minimum atomic E-state index is -0.158. The van der Waals surface area contributed by atoms with E-state index in [1.54, 1.807) is 6.20 Å². The molecule has 0 aliphatic carbocycles. The molecule has 5 rings (SSSR count). The smallest absolute Gasteiger partial charge is 0.290 e. The Morgan fingerprint density at radius 2 is 1.86 bits per heavy atom. The molecule has 1 aliphatic rings. The number of hydrogen-bond acceptors (Lipinski definition) is 4. The molecule has 1 fully saturated rings. The number of para-hydroxylation sites is 1. The maximum Gasteiger partial charge on any atom is 0.290 e. The molecule has 0 saturated carbocycles. The summed E-state index contributed by atoms with van der Waals surface area (Å²) in [4.78, 5) is 19.6. The van der Waals surface area contributed by atoms with E-state index < -0.39 is 0 Å². The van der Waals surface area contributed by atoms with E-state index >= 15 is 0 Å². The number of carbonyl (C=O) groups excluding carboxylic acids is 1. The van der Waals surface area contributed by atoms with Crippen LogP contribution in [-0.4, -0.2) is 22.3 Å². The summed E-state index contributed by atoms with van der Waals surface area (Å²) in [5, 5.41) is 0.936. The average Bonchev–Trinajstić information content (AvgIpc) is 3.41. The van der Waals surface area contributed by atoms with Crippen molar-refractivity contribution >= 4 is 16.9 Å². The zero-order valence-corrected chi connectivity index (χ0v) is 16.1. The van der Waals surface area contributed by atoms with E-state index in [-0.39, 0.29) is 11.9 Å². The first kappa shape index (κ1) is 17.7. The standard InChI is InChI=1S/C24H22N2O3/c27-24(22-15-18-10-4-5-12-21(18)29-22)26-13-7-6-11-20(26)23-25-16-19(28-23)14-17-8-2-1-3-9-17/h1-5,8-10,12,15-16,20H,6-7,11,13-14H2/t20-/m1/s1. The highest BCUT2D eigenvalue weighted by molar-refractivity contribution is 5.96. The Labute approximate surface area is 169 Å². The van der Waals surface area contributed by atoms with Crippen molar-refractivity contribution in [1.29, 1.82) is 0 Å². The Morgan fingerprint density at radius 1 is 1.03 bits per heavy atom. The number of fused-ring (bicyclic) bond motifs is 1. The summed E-state index contributed by atoms with van der Waals surface area (Å²) in [6, 6.07) is 19.5. The van der Waals surface area contributed by atoms with Crippen LogP contribution in [0.1, 0.15) is 53.1 Å². The second-order valence-electron chi connectivity index (χ2n) is 7.49. The number of carbonyl (C=O) groups is 1. The van der Waals surface area contributed by atoms with Crippen molar-refractivity contribution in [2.75, 3.05) is 6.54 Å². The molecule has 0 N–H and O–H groups in total. The van der Waals surface area contributed by atoms with Gasteiger partial charge in [0.25, 0.3) is 5.91 Å². The molecule has 0 bridgehead atoms. The average molecular weight is 386 g/mol. The predicted molar refractivity (Wildman–Crippen MR) is 110 cm³/mol. The van der Waals surface area contributed by atoms with Gasteiger partial charge in [0.05, 0.1) is 6.20 Å². The lowest BCUT2D eigenvalue weighted by molar-refractivity contribution is 0.0540. The van der Waals surface area contributed by atoms with Crippen LogP contribution in [0, 0.1) is 0 Å². The number of nitrogens with zero attached hydrogens (tertiary/aromatic N) is 2. The number of aromatic nitrogens is 1. The van der Waals surface area contributed by atoms with Crippen LogP contribution < -0.4 is 0 Å². The van der Waals surface area contributed by atoms with E-state index in [0.29, 0.717) is 24.6 Å². The van der Waals surface area contributed by atoms with E-state index in [9.17, 15) is 4.79 Å². The molecule has 0 radical (unpaired) electrons. The van der Waals surface area contributed by atoms with E-state index in [1.807, 2.05) is 53.4 Å². The molecule has 0 unspecified atom stereocenters. The second kappa shape index (κ2) is 7.59. The molecule has 29 heavy (non-hydrogen) atoms. The van der Waals surface area contributed by atoms with Crippen molar-refractivity contribution in [3.63, 3.8) is 0 Å². The van der Waals surface area contributed by atoms with Gasteiger partial charge in [-0.2, -0.15) is 0 Å². The van der Waals surface area contributed by atoms with Crippen molar-refractivity contribution in [2.45, 2.75) is 31.7 Å². The Morgan fingerprint density at radius 3 is 2.72 bits per heavy atom. The molecule has 4 aromatic rings. The van der Waals surface area contributed by atoms with E-state index in [2.05, 4.69) is 17.1 Å². The van der Waals surface area contributed by atoms with Crippen LogP contribution in [0.4, 0.5) is 0 Å². The third-order valence-electron chi connectivity index (χ3n) is 5.48. The van der Waals surface area contributed by atoms with Crippen molar-refractivity contribution in [2.24, 2.45) is 0 Å². The minimum absolute atomic E-state index is 0.103. The third-order valence-corrected chi connectivity index (χ3v) is 5.48. The Hall–Kier alpha value is -3.34. The Balaban J connectivity index is 1.39. The van der Waals surface area contributed by atoms with Gasteiger partial charge >= 0.3 is 0 Å². The van der Waals surface area contributed by atoms with E-state index in [4.69, 9.17) is 8.83 Å². The number of piperidine rings is 1. The third kappa shape index (κ3) is 3.56. The van der Waals surface area contributed by atoms with Crippen LogP contribution in [0.2, 0.25) is 0 Å². The molecule has 5 heteroatoms. The topological polar surface area (TPSA) is 59.5 Å². The fourth-order valence-electron chi connectivity index (χ4n) is 4.02. The van der Waals surface area contributed by atoms with Crippen LogP contribution in [0.5, 0.6) is 0 Å². The van der Waals surface area contributed by atoms with Crippen LogP contribution in [-0.2, 0) is 6.42 Å². The Bertz CT molecular complexity index is 1100. The normalized spacial score (nSPS) is 17.0. The van der Waals surface area contributed by atoms with Crippen molar-refractivity contribution in [3.05, 3.63) is 89.8 Å². The molecule has 3 heterocycles. The Kier molecular flexibility index (Phi) is 4.64. The predicted octanol–water partition coefficient (Wildman–Crippen LogP) is 5.38. The van der Waals surface area contributed by atoms with Gasteiger partial charge < -0.3 is 13.7 Å². The summed E-state index contributed by atoms with van der Waals surface area (Å²) < 4.78 is 11.9. The van der Waals surface area contributed by atoms with Gasteiger partial charge in [-0.3, -0.25) is 4.79 Å². The lowest BCUT2D eigenvalue weighted by Gasteiger charge is -2.33. The zero-order chi connectivity index (χ0) is 19.6. The van der Waals surface area contributed by atoms with Crippen LogP contribution >= 0.6 is 0 Å². The summed E-state index contributed by atoms with van der Waals surface area (Å²) in [7, 11) is 0. The van der Waals surface area contributed by atoms with Crippen molar-refractivity contribution in [1.82, 2.24) is 9.88 Å². The molecule has 0 spiro atoms. The molecule has 1 saturated heterocycles. The van der Waals surface area contributed by atoms with Gasteiger partial charge in [0, 0.05) is 18.4 Å². The molecular formula is C24H22N2O3. The van der Waals surface area contributed by atoms with Crippen LogP contribution in [0.25, 0.3) is 11.0 Å².